The minimum atomic E-state index is -0.894. The molecule has 1 aliphatic heterocycles. The molecule has 0 aromatic rings. The van der Waals surface area contributed by atoms with Crippen LogP contribution in [0, 0.1) is 0 Å². The minimum Gasteiger partial charge on any atom is -0.479 e. The van der Waals surface area contributed by atoms with E-state index in [9.17, 15) is 4.79 Å². The van der Waals surface area contributed by atoms with Gasteiger partial charge in [0.15, 0.2) is 6.10 Å². The third kappa shape index (κ3) is 0.962. The van der Waals surface area contributed by atoms with E-state index in [2.05, 4.69) is 10.3 Å². The first-order chi connectivity index (χ1) is 3.80. The number of hydrogen-bond donors (Lipinski definition) is 2. The van der Waals surface area contributed by atoms with Gasteiger partial charge < -0.3 is 5.11 Å². The van der Waals surface area contributed by atoms with Crippen molar-refractivity contribution in [2.45, 2.75) is 12.5 Å². The maximum Gasteiger partial charge on any atom is 0.335 e. The fourth-order valence-corrected chi connectivity index (χ4v) is 0.582. The number of nitrogens with one attached hydrogen (secondary N) is 1. The Morgan fingerprint density at radius 2 is 2.62 bits per heavy atom. The van der Waals surface area contributed by atoms with Crippen molar-refractivity contribution in [3.05, 3.63) is 0 Å². The van der Waals surface area contributed by atoms with Crippen molar-refractivity contribution in [2.75, 3.05) is 6.54 Å². The Kier molecular flexibility index (Phi) is 1.45. The van der Waals surface area contributed by atoms with Crippen LogP contribution in [0.1, 0.15) is 6.42 Å². The van der Waals surface area contributed by atoms with Crippen LogP contribution < -0.4 is 5.48 Å². The van der Waals surface area contributed by atoms with E-state index >= 15 is 0 Å². The van der Waals surface area contributed by atoms with Gasteiger partial charge in [0.1, 0.15) is 0 Å². The predicted molar refractivity (Wildman–Crippen MR) is 25.1 cm³/mol. The van der Waals surface area contributed by atoms with Crippen LogP contribution in [0.5, 0.6) is 0 Å². The zero-order valence-corrected chi connectivity index (χ0v) is 4.26. The van der Waals surface area contributed by atoms with Gasteiger partial charge in [0, 0.05) is 13.0 Å². The molecule has 0 bridgehead atoms. The fraction of sp³-hybridized carbons (Fsp3) is 0.750. The summed E-state index contributed by atoms with van der Waals surface area (Å²) in [6.07, 6.45) is -0.0648. The second-order valence-corrected chi connectivity index (χ2v) is 1.63. The van der Waals surface area contributed by atoms with E-state index in [0.717, 1.165) is 0 Å². The highest BCUT2D eigenvalue weighted by atomic mass is 16.7. The molecule has 0 amide bonds. The second kappa shape index (κ2) is 2.11. The van der Waals surface area contributed by atoms with E-state index in [1.165, 1.54) is 0 Å². The van der Waals surface area contributed by atoms with Crippen molar-refractivity contribution in [1.82, 2.24) is 5.48 Å². The monoisotopic (exact) mass is 117 g/mol. The van der Waals surface area contributed by atoms with Gasteiger partial charge in [0.2, 0.25) is 0 Å². The number of rotatable bonds is 1. The summed E-state index contributed by atoms with van der Waals surface area (Å²) in [6, 6.07) is 0. The lowest BCUT2D eigenvalue weighted by Gasteiger charge is -1.97. The summed E-state index contributed by atoms with van der Waals surface area (Å²) >= 11 is 0. The number of carbonyl (C=O) groups is 1. The Hall–Kier alpha value is -0.610. The maximum absolute atomic E-state index is 10.0. The SMILES string of the molecule is O=C(O)C1CCNO1. The average molecular weight is 117 g/mol. The minimum absolute atomic E-state index is 0.565. The zero-order valence-electron chi connectivity index (χ0n) is 4.26. The van der Waals surface area contributed by atoms with Crippen LogP contribution in [0.2, 0.25) is 0 Å². The molecule has 1 saturated heterocycles. The molecule has 0 radical (unpaired) electrons. The third-order valence-corrected chi connectivity index (χ3v) is 1.01. The first-order valence-corrected chi connectivity index (χ1v) is 2.42. The Bertz CT molecular complexity index is 97.5. The molecule has 1 unspecified atom stereocenters. The van der Waals surface area contributed by atoms with E-state index in [1.807, 2.05) is 0 Å². The number of aliphatic carboxylic acids is 1. The van der Waals surface area contributed by atoms with Gasteiger partial charge in [-0.25, -0.2) is 10.3 Å². The van der Waals surface area contributed by atoms with E-state index in [4.69, 9.17) is 5.11 Å². The molecule has 1 fully saturated rings. The lowest BCUT2D eigenvalue weighted by molar-refractivity contribution is -0.150. The number of carboxylic acid groups (broad SMARTS) is 1. The Morgan fingerprint density at radius 3 is 2.88 bits per heavy atom. The van der Waals surface area contributed by atoms with Gasteiger partial charge in [-0.05, 0) is 0 Å². The van der Waals surface area contributed by atoms with E-state index in [0.29, 0.717) is 13.0 Å². The van der Waals surface area contributed by atoms with Gasteiger partial charge >= 0.3 is 5.97 Å². The van der Waals surface area contributed by atoms with Crippen LogP contribution in [-0.4, -0.2) is 23.7 Å². The Morgan fingerprint density at radius 1 is 1.88 bits per heavy atom. The van der Waals surface area contributed by atoms with E-state index in [-0.39, 0.29) is 0 Å². The molecule has 0 aromatic heterocycles. The van der Waals surface area contributed by atoms with Gasteiger partial charge in [-0.15, -0.1) is 0 Å². The summed E-state index contributed by atoms with van der Waals surface area (Å²) in [5, 5.41) is 8.25. The number of hydroxylamine groups is 1. The molecule has 4 nitrogen and oxygen atoms in total. The topological polar surface area (TPSA) is 58.6 Å². The molecule has 1 aliphatic rings. The Labute approximate surface area is 46.4 Å². The molecule has 46 valence electrons. The standard InChI is InChI=1S/C4H7NO3/c6-4(7)3-1-2-5-8-3/h3,5H,1-2H2,(H,6,7). The first-order valence-electron chi connectivity index (χ1n) is 2.42. The quantitative estimate of drug-likeness (QED) is 0.480. The van der Waals surface area contributed by atoms with Crippen molar-refractivity contribution < 1.29 is 14.7 Å². The molecule has 0 spiro atoms. The summed E-state index contributed by atoms with van der Waals surface area (Å²) in [5.74, 6) is -0.894. The van der Waals surface area contributed by atoms with Crippen LogP contribution in [0.15, 0.2) is 0 Å². The molecule has 2 N–H and O–H groups in total. The van der Waals surface area contributed by atoms with Crippen LogP contribution >= 0.6 is 0 Å². The molecular formula is C4H7NO3. The summed E-state index contributed by atoms with van der Waals surface area (Å²) in [6.45, 7) is 0.636. The summed E-state index contributed by atoms with van der Waals surface area (Å²) in [5.41, 5.74) is 2.47. The zero-order chi connectivity index (χ0) is 5.98. The predicted octanol–water partition coefficient (Wildman–Crippen LogP) is -0.636. The average Bonchev–Trinajstić information content (AvgIpc) is 2.12. The molecule has 0 saturated carbocycles. The first kappa shape index (κ1) is 5.53. The van der Waals surface area contributed by atoms with E-state index in [1.54, 1.807) is 0 Å². The van der Waals surface area contributed by atoms with Crippen LogP contribution in [-0.2, 0) is 9.63 Å². The molecule has 8 heavy (non-hydrogen) atoms. The van der Waals surface area contributed by atoms with Crippen molar-refractivity contribution in [1.29, 1.82) is 0 Å². The maximum atomic E-state index is 10.0. The highest BCUT2D eigenvalue weighted by Gasteiger charge is 2.22. The largest absolute Gasteiger partial charge is 0.479 e. The van der Waals surface area contributed by atoms with Crippen molar-refractivity contribution in [3.8, 4) is 0 Å². The van der Waals surface area contributed by atoms with E-state index < -0.39 is 12.1 Å². The lowest BCUT2D eigenvalue weighted by atomic mass is 10.3. The van der Waals surface area contributed by atoms with Crippen LogP contribution in [0.25, 0.3) is 0 Å². The van der Waals surface area contributed by atoms with Gasteiger partial charge in [-0.3, -0.25) is 4.84 Å². The molecule has 1 atom stereocenters. The third-order valence-electron chi connectivity index (χ3n) is 1.01. The summed E-state index contributed by atoms with van der Waals surface area (Å²) in [7, 11) is 0. The Balaban J connectivity index is 2.35. The molecule has 0 aliphatic carbocycles. The summed E-state index contributed by atoms with van der Waals surface area (Å²) in [4.78, 5) is 14.6. The molecule has 0 aromatic carbocycles. The van der Waals surface area contributed by atoms with Gasteiger partial charge in [-0.2, -0.15) is 0 Å². The highest BCUT2D eigenvalue weighted by molar-refractivity contribution is 5.72. The van der Waals surface area contributed by atoms with Crippen LogP contribution in [0.3, 0.4) is 0 Å². The smallest absolute Gasteiger partial charge is 0.335 e. The van der Waals surface area contributed by atoms with Crippen molar-refractivity contribution in [3.63, 3.8) is 0 Å². The van der Waals surface area contributed by atoms with Gasteiger partial charge in [-0.1, -0.05) is 0 Å². The highest BCUT2D eigenvalue weighted by Crippen LogP contribution is 2.01. The molecule has 4 heteroatoms. The second-order valence-electron chi connectivity index (χ2n) is 1.63. The number of carboxylic acids is 1. The van der Waals surface area contributed by atoms with Crippen molar-refractivity contribution in [2.24, 2.45) is 0 Å². The normalized spacial score (nSPS) is 28.2. The fourth-order valence-electron chi connectivity index (χ4n) is 0.582. The summed E-state index contributed by atoms with van der Waals surface area (Å²) < 4.78 is 0. The van der Waals surface area contributed by atoms with Crippen molar-refractivity contribution >= 4 is 5.97 Å². The van der Waals surface area contributed by atoms with Gasteiger partial charge in [0.05, 0.1) is 0 Å². The lowest BCUT2D eigenvalue weighted by Crippen LogP contribution is -2.19. The number of hydrogen-bond acceptors (Lipinski definition) is 3. The molecule has 1 rings (SSSR count). The van der Waals surface area contributed by atoms with Crippen LogP contribution in [0.4, 0.5) is 0 Å². The van der Waals surface area contributed by atoms with Gasteiger partial charge in [0.25, 0.3) is 0 Å². The molecular weight excluding hydrogens is 110 g/mol. The molecule has 1 heterocycles.